The summed E-state index contributed by atoms with van der Waals surface area (Å²) < 4.78 is 6.42. The summed E-state index contributed by atoms with van der Waals surface area (Å²) in [6.07, 6.45) is 3.50. The first kappa shape index (κ1) is 12.8. The Hall–Kier alpha value is -1.62. The molecule has 2 heterocycles. The van der Waals surface area contributed by atoms with Crippen LogP contribution in [0.5, 0.6) is 5.88 Å². The van der Waals surface area contributed by atoms with Crippen LogP contribution >= 0.6 is 15.9 Å². The SMILES string of the molecule is CCOc1ncccc1NCc1ccc(Br)cn1. The van der Waals surface area contributed by atoms with Crippen LogP contribution in [0.1, 0.15) is 12.6 Å². The minimum absolute atomic E-state index is 0.599. The van der Waals surface area contributed by atoms with Gasteiger partial charge in [-0.25, -0.2) is 4.98 Å². The first-order chi connectivity index (χ1) is 8.79. The molecule has 2 aromatic rings. The Balaban J connectivity index is 2.03. The summed E-state index contributed by atoms with van der Waals surface area (Å²) in [6.45, 7) is 3.18. The molecule has 0 fully saturated rings. The lowest BCUT2D eigenvalue weighted by Gasteiger charge is -2.10. The number of nitrogens with zero attached hydrogens (tertiary/aromatic N) is 2. The summed E-state index contributed by atoms with van der Waals surface area (Å²) in [4.78, 5) is 8.48. The zero-order chi connectivity index (χ0) is 12.8. The lowest BCUT2D eigenvalue weighted by Crippen LogP contribution is -2.04. The van der Waals surface area contributed by atoms with E-state index < -0.39 is 0 Å². The lowest BCUT2D eigenvalue weighted by molar-refractivity contribution is 0.328. The number of hydrogen-bond donors (Lipinski definition) is 1. The topological polar surface area (TPSA) is 47.0 Å². The molecule has 4 nitrogen and oxygen atoms in total. The number of anilines is 1. The van der Waals surface area contributed by atoms with Gasteiger partial charge < -0.3 is 10.1 Å². The largest absolute Gasteiger partial charge is 0.476 e. The highest BCUT2D eigenvalue weighted by Crippen LogP contribution is 2.21. The molecule has 0 atom stereocenters. The Morgan fingerprint density at radius 2 is 2.17 bits per heavy atom. The first-order valence-corrected chi connectivity index (χ1v) is 6.51. The molecule has 1 N–H and O–H groups in total. The summed E-state index contributed by atoms with van der Waals surface area (Å²) in [5, 5.41) is 3.27. The van der Waals surface area contributed by atoms with Crippen molar-refractivity contribution in [2.75, 3.05) is 11.9 Å². The van der Waals surface area contributed by atoms with Gasteiger partial charge in [0.25, 0.3) is 0 Å². The molecule has 0 unspecified atom stereocenters. The van der Waals surface area contributed by atoms with Gasteiger partial charge in [0, 0.05) is 16.9 Å². The van der Waals surface area contributed by atoms with Crippen LogP contribution < -0.4 is 10.1 Å². The van der Waals surface area contributed by atoms with Gasteiger partial charge in [-0.15, -0.1) is 0 Å². The van der Waals surface area contributed by atoms with Crippen molar-refractivity contribution < 1.29 is 4.74 Å². The average molecular weight is 308 g/mol. The molecule has 0 bridgehead atoms. The molecular formula is C13H14BrN3O. The third-order valence-electron chi connectivity index (χ3n) is 2.30. The predicted octanol–water partition coefficient (Wildman–Crippen LogP) is 3.25. The lowest BCUT2D eigenvalue weighted by atomic mass is 10.3. The second kappa shape index (κ2) is 6.35. The van der Waals surface area contributed by atoms with Crippen molar-refractivity contribution >= 4 is 21.6 Å². The van der Waals surface area contributed by atoms with Gasteiger partial charge in [-0.3, -0.25) is 4.98 Å². The third-order valence-corrected chi connectivity index (χ3v) is 2.77. The fourth-order valence-corrected chi connectivity index (χ4v) is 1.71. The molecular weight excluding hydrogens is 294 g/mol. The van der Waals surface area contributed by atoms with Crippen LogP contribution in [0.15, 0.2) is 41.1 Å². The summed E-state index contributed by atoms with van der Waals surface area (Å²) in [5.41, 5.74) is 1.84. The molecule has 0 aliphatic carbocycles. The van der Waals surface area contributed by atoms with Crippen LogP contribution in [0, 0.1) is 0 Å². The van der Waals surface area contributed by atoms with Gasteiger partial charge in [-0.05, 0) is 47.1 Å². The van der Waals surface area contributed by atoms with Gasteiger partial charge in [-0.2, -0.15) is 0 Å². The van der Waals surface area contributed by atoms with Crippen LogP contribution in [-0.4, -0.2) is 16.6 Å². The summed E-state index contributed by atoms with van der Waals surface area (Å²) in [7, 11) is 0. The van der Waals surface area contributed by atoms with E-state index in [1.807, 2.05) is 31.2 Å². The zero-order valence-corrected chi connectivity index (χ0v) is 11.6. The van der Waals surface area contributed by atoms with Crippen molar-refractivity contribution in [3.05, 3.63) is 46.8 Å². The van der Waals surface area contributed by atoms with E-state index in [1.165, 1.54) is 0 Å². The van der Waals surface area contributed by atoms with Crippen LogP contribution in [-0.2, 0) is 6.54 Å². The van der Waals surface area contributed by atoms with E-state index in [2.05, 4.69) is 31.2 Å². The maximum absolute atomic E-state index is 5.44. The van der Waals surface area contributed by atoms with Crippen LogP contribution in [0.3, 0.4) is 0 Å². The standard InChI is InChI=1S/C13H14BrN3O/c1-2-18-13-12(4-3-7-15-13)17-9-11-6-5-10(14)8-16-11/h3-8,17H,2,9H2,1H3. The summed E-state index contributed by atoms with van der Waals surface area (Å²) in [6, 6.07) is 7.75. The molecule has 0 saturated carbocycles. The Labute approximate surface area is 115 Å². The molecule has 0 radical (unpaired) electrons. The first-order valence-electron chi connectivity index (χ1n) is 5.71. The zero-order valence-electron chi connectivity index (χ0n) is 10.1. The van der Waals surface area contributed by atoms with Gasteiger partial charge in [0.2, 0.25) is 5.88 Å². The van der Waals surface area contributed by atoms with E-state index >= 15 is 0 Å². The number of pyridine rings is 2. The molecule has 0 spiro atoms. The van der Waals surface area contributed by atoms with Crippen molar-refractivity contribution in [2.45, 2.75) is 13.5 Å². The monoisotopic (exact) mass is 307 g/mol. The van der Waals surface area contributed by atoms with Gasteiger partial charge in [-0.1, -0.05) is 0 Å². The van der Waals surface area contributed by atoms with E-state index in [1.54, 1.807) is 12.4 Å². The Bertz CT molecular complexity index is 502. The minimum atomic E-state index is 0.599. The van der Waals surface area contributed by atoms with Crippen LogP contribution in [0.2, 0.25) is 0 Å². The van der Waals surface area contributed by atoms with Crippen molar-refractivity contribution in [1.82, 2.24) is 9.97 Å². The number of ether oxygens (including phenoxy) is 1. The molecule has 0 aliphatic rings. The van der Waals surface area contributed by atoms with Crippen molar-refractivity contribution in [1.29, 1.82) is 0 Å². The van der Waals surface area contributed by atoms with E-state index in [4.69, 9.17) is 4.74 Å². The second-order valence-corrected chi connectivity index (χ2v) is 4.53. The van der Waals surface area contributed by atoms with Gasteiger partial charge >= 0.3 is 0 Å². The summed E-state index contributed by atoms with van der Waals surface area (Å²) >= 11 is 3.36. The number of aromatic nitrogens is 2. The Kier molecular flexibility index (Phi) is 4.52. The van der Waals surface area contributed by atoms with Gasteiger partial charge in [0.1, 0.15) is 0 Å². The third kappa shape index (κ3) is 3.43. The number of halogens is 1. The maximum Gasteiger partial charge on any atom is 0.237 e. The molecule has 0 amide bonds. The van der Waals surface area contributed by atoms with Crippen molar-refractivity contribution in [2.24, 2.45) is 0 Å². The van der Waals surface area contributed by atoms with Gasteiger partial charge in [0.15, 0.2) is 0 Å². The van der Waals surface area contributed by atoms with Crippen molar-refractivity contribution in [3.8, 4) is 5.88 Å². The van der Waals surface area contributed by atoms with Crippen LogP contribution in [0.25, 0.3) is 0 Å². The molecule has 0 aliphatic heterocycles. The normalized spacial score (nSPS) is 10.1. The fourth-order valence-electron chi connectivity index (χ4n) is 1.47. The number of nitrogens with one attached hydrogen (secondary N) is 1. The van der Waals surface area contributed by atoms with Gasteiger partial charge in [0.05, 0.1) is 24.5 Å². The maximum atomic E-state index is 5.44. The highest BCUT2D eigenvalue weighted by Gasteiger charge is 2.03. The number of hydrogen-bond acceptors (Lipinski definition) is 4. The highest BCUT2D eigenvalue weighted by atomic mass is 79.9. The van der Waals surface area contributed by atoms with E-state index in [-0.39, 0.29) is 0 Å². The molecule has 2 aromatic heterocycles. The van der Waals surface area contributed by atoms with E-state index in [0.29, 0.717) is 19.0 Å². The molecule has 2 rings (SSSR count). The highest BCUT2D eigenvalue weighted by molar-refractivity contribution is 9.10. The Morgan fingerprint density at radius 3 is 2.89 bits per heavy atom. The minimum Gasteiger partial charge on any atom is -0.476 e. The second-order valence-electron chi connectivity index (χ2n) is 3.61. The average Bonchev–Trinajstić information content (AvgIpc) is 2.40. The predicted molar refractivity (Wildman–Crippen MR) is 74.7 cm³/mol. The number of rotatable bonds is 5. The molecule has 18 heavy (non-hydrogen) atoms. The van der Waals surface area contributed by atoms with Crippen LogP contribution in [0.4, 0.5) is 5.69 Å². The molecule has 5 heteroatoms. The smallest absolute Gasteiger partial charge is 0.237 e. The molecule has 0 saturated heterocycles. The summed E-state index contributed by atoms with van der Waals surface area (Å²) in [5.74, 6) is 0.622. The Morgan fingerprint density at radius 1 is 1.28 bits per heavy atom. The fraction of sp³-hybridized carbons (Fsp3) is 0.231. The molecule has 0 aromatic carbocycles. The molecule has 94 valence electrons. The van der Waals surface area contributed by atoms with Crippen molar-refractivity contribution in [3.63, 3.8) is 0 Å². The van der Waals surface area contributed by atoms with E-state index in [0.717, 1.165) is 15.9 Å². The quantitative estimate of drug-likeness (QED) is 0.921. The van der Waals surface area contributed by atoms with E-state index in [9.17, 15) is 0 Å².